The summed E-state index contributed by atoms with van der Waals surface area (Å²) in [6.07, 6.45) is 0.964. The highest BCUT2D eigenvalue weighted by molar-refractivity contribution is 7.89. The van der Waals surface area contributed by atoms with E-state index in [1.165, 1.54) is 28.6 Å². The minimum Gasteiger partial charge on any atom is -0.492 e. The molecule has 1 atom stereocenters. The molecule has 10 heteroatoms. The van der Waals surface area contributed by atoms with Crippen LogP contribution in [0.4, 0.5) is 14.5 Å². The molecule has 1 saturated heterocycles. The number of carbonyl (C=O) groups is 1. The minimum absolute atomic E-state index is 0.0117. The number of carbonyl (C=O) groups excluding carboxylic acids is 1. The molecule has 0 unspecified atom stereocenters. The number of amides is 1. The molecule has 0 aromatic heterocycles. The molecule has 0 bridgehead atoms. The second-order valence-electron chi connectivity index (χ2n) is 6.85. The maximum Gasteiger partial charge on any atom is 0.243 e. The van der Waals surface area contributed by atoms with E-state index in [9.17, 15) is 22.0 Å². The zero-order valence-corrected chi connectivity index (χ0v) is 17.8. The Kier molecular flexibility index (Phi) is 6.95. The SMILES string of the molecule is CCOc1ccc(S(=O)(=O)N2CCC[C@@H](C(=O)Nc3ccc(F)c(F)c3)C2)cc1Cl. The zero-order chi connectivity index (χ0) is 21.9. The van der Waals surface area contributed by atoms with Gasteiger partial charge >= 0.3 is 0 Å². The number of sulfonamides is 1. The highest BCUT2D eigenvalue weighted by atomic mass is 35.5. The van der Waals surface area contributed by atoms with Gasteiger partial charge in [0.2, 0.25) is 15.9 Å². The molecule has 0 saturated carbocycles. The fraction of sp³-hybridized carbons (Fsp3) is 0.350. The van der Waals surface area contributed by atoms with Gasteiger partial charge in [0.05, 0.1) is 22.4 Å². The van der Waals surface area contributed by atoms with Crippen LogP contribution in [0.3, 0.4) is 0 Å². The molecule has 1 aliphatic rings. The normalized spacial score (nSPS) is 17.5. The van der Waals surface area contributed by atoms with Gasteiger partial charge in [0.1, 0.15) is 5.75 Å². The number of nitrogens with zero attached hydrogens (tertiary/aromatic N) is 1. The first kappa shape index (κ1) is 22.5. The van der Waals surface area contributed by atoms with E-state index in [0.29, 0.717) is 25.2 Å². The van der Waals surface area contributed by atoms with Gasteiger partial charge in [-0.25, -0.2) is 17.2 Å². The van der Waals surface area contributed by atoms with Gasteiger partial charge in [-0.1, -0.05) is 11.6 Å². The number of nitrogens with one attached hydrogen (secondary N) is 1. The van der Waals surface area contributed by atoms with Crippen molar-refractivity contribution in [3.05, 3.63) is 53.1 Å². The van der Waals surface area contributed by atoms with E-state index in [2.05, 4.69) is 5.32 Å². The van der Waals surface area contributed by atoms with Gasteiger partial charge < -0.3 is 10.1 Å². The first-order valence-electron chi connectivity index (χ1n) is 9.40. The van der Waals surface area contributed by atoms with Gasteiger partial charge in [-0.05, 0) is 50.1 Å². The van der Waals surface area contributed by atoms with Crippen LogP contribution in [0.2, 0.25) is 5.02 Å². The number of halogens is 3. The Labute approximate surface area is 178 Å². The molecule has 3 rings (SSSR count). The monoisotopic (exact) mass is 458 g/mol. The van der Waals surface area contributed by atoms with Crippen LogP contribution < -0.4 is 10.1 Å². The summed E-state index contributed by atoms with van der Waals surface area (Å²) in [7, 11) is -3.86. The predicted molar refractivity (Wildman–Crippen MR) is 109 cm³/mol. The molecule has 1 amide bonds. The number of benzene rings is 2. The van der Waals surface area contributed by atoms with Gasteiger partial charge in [-0.15, -0.1) is 0 Å². The Morgan fingerprint density at radius 2 is 2.00 bits per heavy atom. The fourth-order valence-corrected chi connectivity index (χ4v) is 5.11. The third-order valence-electron chi connectivity index (χ3n) is 4.78. The smallest absolute Gasteiger partial charge is 0.243 e. The van der Waals surface area contributed by atoms with Crippen LogP contribution in [0, 0.1) is 17.6 Å². The number of rotatable bonds is 6. The number of anilines is 1. The van der Waals surface area contributed by atoms with Crippen molar-refractivity contribution in [2.45, 2.75) is 24.7 Å². The number of hydrogen-bond acceptors (Lipinski definition) is 4. The van der Waals surface area contributed by atoms with Gasteiger partial charge in [-0.2, -0.15) is 4.31 Å². The third-order valence-corrected chi connectivity index (χ3v) is 6.94. The van der Waals surface area contributed by atoms with Crippen LogP contribution in [-0.4, -0.2) is 38.3 Å². The van der Waals surface area contributed by atoms with Crippen molar-refractivity contribution >= 4 is 33.2 Å². The van der Waals surface area contributed by atoms with Gasteiger partial charge in [-0.3, -0.25) is 4.79 Å². The zero-order valence-electron chi connectivity index (χ0n) is 16.2. The number of ether oxygens (including phenoxy) is 1. The quantitative estimate of drug-likeness (QED) is 0.708. The lowest BCUT2D eigenvalue weighted by Crippen LogP contribution is -2.43. The second-order valence-corrected chi connectivity index (χ2v) is 9.19. The van der Waals surface area contributed by atoms with Gasteiger partial charge in [0.25, 0.3) is 0 Å². The number of piperidine rings is 1. The molecule has 1 heterocycles. The Morgan fingerprint density at radius 3 is 2.67 bits per heavy atom. The summed E-state index contributed by atoms with van der Waals surface area (Å²) in [6, 6.07) is 7.28. The van der Waals surface area contributed by atoms with E-state index in [0.717, 1.165) is 12.1 Å². The van der Waals surface area contributed by atoms with Crippen molar-refractivity contribution in [2.24, 2.45) is 5.92 Å². The molecule has 2 aromatic carbocycles. The molecule has 0 spiro atoms. The number of hydrogen-bond donors (Lipinski definition) is 1. The molecule has 1 aliphatic heterocycles. The maximum absolute atomic E-state index is 13.4. The minimum atomic E-state index is -3.86. The average Bonchev–Trinajstić information content (AvgIpc) is 2.72. The lowest BCUT2D eigenvalue weighted by atomic mass is 9.98. The van der Waals surface area contributed by atoms with Crippen LogP contribution in [0.15, 0.2) is 41.3 Å². The highest BCUT2D eigenvalue weighted by Gasteiger charge is 2.33. The van der Waals surface area contributed by atoms with Crippen LogP contribution in [-0.2, 0) is 14.8 Å². The van der Waals surface area contributed by atoms with E-state index in [4.69, 9.17) is 16.3 Å². The van der Waals surface area contributed by atoms with Crippen molar-refractivity contribution in [2.75, 3.05) is 25.0 Å². The molecular weight excluding hydrogens is 438 g/mol. The second kappa shape index (κ2) is 9.28. The summed E-state index contributed by atoms with van der Waals surface area (Å²) < 4.78 is 59.0. The van der Waals surface area contributed by atoms with Crippen LogP contribution in [0.5, 0.6) is 5.75 Å². The Bertz CT molecular complexity index is 1050. The van der Waals surface area contributed by atoms with Gasteiger partial charge in [0, 0.05) is 24.8 Å². The van der Waals surface area contributed by atoms with Crippen molar-refractivity contribution < 1.29 is 26.7 Å². The van der Waals surface area contributed by atoms with Crippen LogP contribution in [0.1, 0.15) is 19.8 Å². The predicted octanol–water partition coefficient (Wildman–Crippen LogP) is 4.06. The van der Waals surface area contributed by atoms with Crippen LogP contribution >= 0.6 is 11.6 Å². The summed E-state index contributed by atoms with van der Waals surface area (Å²) in [4.78, 5) is 12.6. The Morgan fingerprint density at radius 1 is 1.23 bits per heavy atom. The van der Waals surface area contributed by atoms with E-state index in [-0.39, 0.29) is 28.7 Å². The van der Waals surface area contributed by atoms with Crippen molar-refractivity contribution in [3.8, 4) is 5.75 Å². The lowest BCUT2D eigenvalue weighted by molar-refractivity contribution is -0.120. The third kappa shape index (κ3) is 4.91. The average molecular weight is 459 g/mol. The first-order chi connectivity index (χ1) is 14.2. The van der Waals surface area contributed by atoms with Crippen molar-refractivity contribution in [1.29, 1.82) is 0 Å². The van der Waals surface area contributed by atoms with Crippen LogP contribution in [0.25, 0.3) is 0 Å². The first-order valence-corrected chi connectivity index (χ1v) is 11.2. The molecule has 0 aliphatic carbocycles. The summed E-state index contributed by atoms with van der Waals surface area (Å²) >= 11 is 6.12. The molecule has 0 radical (unpaired) electrons. The summed E-state index contributed by atoms with van der Waals surface area (Å²) in [5.74, 6) is -2.78. The standard InChI is InChI=1S/C20H21ClF2N2O4S/c1-2-29-19-8-6-15(11-16(19)21)30(27,28)25-9-3-4-13(12-25)20(26)24-14-5-7-17(22)18(23)10-14/h5-8,10-11,13H,2-4,9,12H2,1H3,(H,24,26)/t13-/m1/s1. The largest absolute Gasteiger partial charge is 0.492 e. The van der Waals surface area contributed by atoms with Gasteiger partial charge in [0.15, 0.2) is 11.6 Å². The van der Waals surface area contributed by atoms with Crippen molar-refractivity contribution in [3.63, 3.8) is 0 Å². The molecule has 2 aromatic rings. The molecule has 30 heavy (non-hydrogen) atoms. The molecule has 1 fully saturated rings. The molecule has 6 nitrogen and oxygen atoms in total. The molecule has 162 valence electrons. The topological polar surface area (TPSA) is 75.7 Å². The summed E-state index contributed by atoms with van der Waals surface area (Å²) in [5, 5.41) is 2.70. The summed E-state index contributed by atoms with van der Waals surface area (Å²) in [6.45, 7) is 2.43. The lowest BCUT2D eigenvalue weighted by Gasteiger charge is -2.31. The Hall–Kier alpha value is -2.23. The van der Waals surface area contributed by atoms with E-state index >= 15 is 0 Å². The molecular formula is C20H21ClF2N2O4S. The summed E-state index contributed by atoms with van der Waals surface area (Å²) in [5.41, 5.74) is 0.108. The van der Waals surface area contributed by atoms with E-state index in [1.54, 1.807) is 6.92 Å². The fourth-order valence-electron chi connectivity index (χ4n) is 3.26. The highest BCUT2D eigenvalue weighted by Crippen LogP contribution is 2.30. The Balaban J connectivity index is 1.73. The van der Waals surface area contributed by atoms with Crippen molar-refractivity contribution in [1.82, 2.24) is 4.31 Å². The van der Waals surface area contributed by atoms with E-state index in [1.807, 2.05) is 0 Å². The maximum atomic E-state index is 13.4. The van der Waals surface area contributed by atoms with E-state index < -0.39 is 33.5 Å². The molecule has 1 N–H and O–H groups in total.